The largest absolute Gasteiger partial charge is 0.497 e. The van der Waals surface area contributed by atoms with Crippen LogP contribution in [0.25, 0.3) is 10.9 Å². The summed E-state index contributed by atoms with van der Waals surface area (Å²) in [6.07, 6.45) is 3.90. The number of carbonyl (C=O) groups excluding carboxylic acids is 1. The van der Waals surface area contributed by atoms with Gasteiger partial charge in [-0.3, -0.25) is 14.6 Å². The number of ether oxygens (including phenoxy) is 1. The fourth-order valence-electron chi connectivity index (χ4n) is 3.17. The van der Waals surface area contributed by atoms with Gasteiger partial charge >= 0.3 is 5.97 Å². The molecule has 2 saturated carbocycles. The molecule has 2 aliphatic carbocycles. The van der Waals surface area contributed by atoms with E-state index in [1.165, 1.54) is 4.90 Å². The molecule has 6 nitrogen and oxygen atoms in total. The van der Waals surface area contributed by atoms with Crippen molar-refractivity contribution in [1.29, 1.82) is 0 Å². The third kappa shape index (κ3) is 3.16. The summed E-state index contributed by atoms with van der Waals surface area (Å²) in [7, 11) is 1.58. The molecule has 1 heterocycles. The lowest BCUT2D eigenvalue weighted by molar-refractivity contribution is -0.137. The van der Waals surface area contributed by atoms with Gasteiger partial charge in [0.25, 0.3) is 5.91 Å². The van der Waals surface area contributed by atoms with E-state index in [0.717, 1.165) is 36.9 Å². The predicted molar refractivity (Wildman–Crippen MR) is 92.0 cm³/mol. The molecule has 4 rings (SSSR count). The van der Waals surface area contributed by atoms with E-state index in [-0.39, 0.29) is 18.5 Å². The van der Waals surface area contributed by atoms with Crippen LogP contribution in [-0.4, -0.2) is 46.6 Å². The molecule has 1 amide bonds. The second-order valence-electron chi connectivity index (χ2n) is 6.81. The van der Waals surface area contributed by atoms with Gasteiger partial charge < -0.3 is 14.7 Å². The summed E-state index contributed by atoms with van der Waals surface area (Å²) in [6, 6.07) is 7.37. The molecule has 0 unspecified atom stereocenters. The zero-order chi connectivity index (χ0) is 17.6. The average Bonchev–Trinajstić information content (AvgIpc) is 3.49. The molecule has 2 aliphatic rings. The number of nitrogens with zero attached hydrogens (tertiary/aromatic N) is 2. The number of carbonyl (C=O) groups is 2. The van der Waals surface area contributed by atoms with E-state index >= 15 is 0 Å². The number of hydrogen-bond donors (Lipinski definition) is 1. The number of hydrogen-bond acceptors (Lipinski definition) is 4. The van der Waals surface area contributed by atoms with E-state index in [1.54, 1.807) is 13.2 Å². The van der Waals surface area contributed by atoms with Crippen molar-refractivity contribution in [3.63, 3.8) is 0 Å². The summed E-state index contributed by atoms with van der Waals surface area (Å²) < 4.78 is 5.29. The predicted octanol–water partition coefficient (Wildman–Crippen LogP) is 2.81. The highest BCUT2D eigenvalue weighted by Gasteiger charge is 2.36. The minimum Gasteiger partial charge on any atom is -0.497 e. The monoisotopic (exact) mass is 340 g/mol. The third-order valence-electron chi connectivity index (χ3n) is 4.82. The standard InChI is InChI=1S/C19H20N2O4/c1-25-13-6-7-16-14(8-13)15(9-17(20-16)11-2-3-11)19(24)21(10-18(22)23)12-4-5-12/h6-9,11-12H,2-5,10H2,1H3,(H,22,23). The smallest absolute Gasteiger partial charge is 0.323 e. The lowest BCUT2D eigenvalue weighted by Crippen LogP contribution is -2.37. The van der Waals surface area contributed by atoms with Crippen LogP contribution in [-0.2, 0) is 4.79 Å². The first kappa shape index (κ1) is 15.9. The number of rotatable bonds is 6. The zero-order valence-electron chi connectivity index (χ0n) is 14.1. The van der Waals surface area contributed by atoms with Crippen LogP contribution < -0.4 is 4.74 Å². The second kappa shape index (κ2) is 6.02. The molecular weight excluding hydrogens is 320 g/mol. The summed E-state index contributed by atoms with van der Waals surface area (Å²) in [6.45, 7) is -0.268. The van der Waals surface area contributed by atoms with Crippen LogP contribution in [0.5, 0.6) is 5.75 Å². The van der Waals surface area contributed by atoms with Crippen molar-refractivity contribution >= 4 is 22.8 Å². The van der Waals surface area contributed by atoms with Gasteiger partial charge in [-0.15, -0.1) is 0 Å². The number of carboxylic acid groups (broad SMARTS) is 1. The Balaban J connectivity index is 1.82. The summed E-state index contributed by atoms with van der Waals surface area (Å²) in [5.74, 6) is -0.156. The highest BCUT2D eigenvalue weighted by atomic mass is 16.5. The van der Waals surface area contributed by atoms with Gasteiger partial charge in [-0.25, -0.2) is 0 Å². The Kier molecular flexibility index (Phi) is 3.82. The number of amides is 1. The van der Waals surface area contributed by atoms with Crippen molar-refractivity contribution in [2.45, 2.75) is 37.6 Å². The van der Waals surface area contributed by atoms with E-state index in [4.69, 9.17) is 9.72 Å². The summed E-state index contributed by atoms with van der Waals surface area (Å²) in [4.78, 5) is 30.5. The van der Waals surface area contributed by atoms with E-state index in [2.05, 4.69) is 0 Å². The lowest BCUT2D eigenvalue weighted by Gasteiger charge is -2.21. The van der Waals surface area contributed by atoms with Crippen LogP contribution in [0.3, 0.4) is 0 Å². The number of aromatic nitrogens is 1. The Morgan fingerprint density at radius 3 is 2.60 bits per heavy atom. The quantitative estimate of drug-likeness (QED) is 0.875. The normalized spacial score (nSPS) is 16.7. The highest BCUT2D eigenvalue weighted by molar-refractivity contribution is 6.07. The number of carboxylic acids is 1. The van der Waals surface area contributed by atoms with E-state index in [0.29, 0.717) is 22.6 Å². The highest BCUT2D eigenvalue weighted by Crippen LogP contribution is 2.41. The van der Waals surface area contributed by atoms with Gasteiger partial charge in [0, 0.05) is 23.0 Å². The molecule has 0 atom stereocenters. The van der Waals surface area contributed by atoms with Crippen molar-refractivity contribution in [2.24, 2.45) is 0 Å². The second-order valence-corrected chi connectivity index (χ2v) is 6.81. The van der Waals surface area contributed by atoms with Crippen molar-refractivity contribution < 1.29 is 19.4 Å². The Hall–Kier alpha value is -2.63. The molecule has 0 aliphatic heterocycles. The summed E-state index contributed by atoms with van der Waals surface area (Å²) in [5, 5.41) is 9.89. The van der Waals surface area contributed by atoms with Crippen molar-refractivity contribution in [3.05, 3.63) is 35.5 Å². The number of methoxy groups -OCH3 is 1. The van der Waals surface area contributed by atoms with Crippen LogP contribution in [0.1, 0.15) is 47.7 Å². The van der Waals surface area contributed by atoms with Crippen molar-refractivity contribution in [1.82, 2.24) is 9.88 Å². The number of fused-ring (bicyclic) bond motifs is 1. The van der Waals surface area contributed by atoms with Gasteiger partial charge in [-0.1, -0.05) is 0 Å². The first-order valence-corrected chi connectivity index (χ1v) is 8.58. The molecule has 1 aromatic carbocycles. The van der Waals surface area contributed by atoms with Gasteiger partial charge in [-0.2, -0.15) is 0 Å². The van der Waals surface area contributed by atoms with Crippen molar-refractivity contribution in [3.8, 4) is 5.75 Å². The minimum atomic E-state index is -0.987. The van der Waals surface area contributed by atoms with Crippen molar-refractivity contribution in [2.75, 3.05) is 13.7 Å². The van der Waals surface area contributed by atoms with Gasteiger partial charge in [0.1, 0.15) is 12.3 Å². The molecule has 0 saturated heterocycles. The summed E-state index contributed by atoms with van der Waals surface area (Å²) in [5.41, 5.74) is 2.20. The molecule has 2 fully saturated rings. The molecule has 130 valence electrons. The van der Waals surface area contributed by atoms with Crippen LogP contribution in [0.15, 0.2) is 24.3 Å². The maximum atomic E-state index is 13.2. The van der Waals surface area contributed by atoms with Gasteiger partial charge in [0.15, 0.2) is 0 Å². The lowest BCUT2D eigenvalue weighted by atomic mass is 10.0. The Morgan fingerprint density at radius 1 is 1.24 bits per heavy atom. The van der Waals surface area contributed by atoms with Gasteiger partial charge in [0.05, 0.1) is 18.2 Å². The molecule has 1 N–H and O–H groups in total. The third-order valence-corrected chi connectivity index (χ3v) is 4.82. The minimum absolute atomic E-state index is 0.0294. The van der Waals surface area contributed by atoms with E-state index in [1.807, 2.05) is 18.2 Å². The molecule has 1 aromatic heterocycles. The van der Waals surface area contributed by atoms with Crippen LogP contribution in [0.4, 0.5) is 0 Å². The number of benzene rings is 1. The maximum absolute atomic E-state index is 13.2. The first-order chi connectivity index (χ1) is 12.1. The van der Waals surface area contributed by atoms with Gasteiger partial charge in [0.2, 0.25) is 0 Å². The average molecular weight is 340 g/mol. The summed E-state index contributed by atoms with van der Waals surface area (Å²) >= 11 is 0. The van der Waals surface area contributed by atoms with Crippen LogP contribution in [0.2, 0.25) is 0 Å². The Labute approximate surface area is 145 Å². The fraction of sp³-hybridized carbons (Fsp3) is 0.421. The Morgan fingerprint density at radius 2 is 2.00 bits per heavy atom. The first-order valence-electron chi connectivity index (χ1n) is 8.58. The molecule has 6 heteroatoms. The fourth-order valence-corrected chi connectivity index (χ4v) is 3.17. The SMILES string of the molecule is COc1ccc2nc(C3CC3)cc(C(=O)N(CC(=O)O)C3CC3)c2c1. The van der Waals surface area contributed by atoms with E-state index < -0.39 is 5.97 Å². The molecule has 0 spiro atoms. The van der Waals surface area contributed by atoms with E-state index in [9.17, 15) is 14.7 Å². The maximum Gasteiger partial charge on any atom is 0.323 e. The molecule has 0 bridgehead atoms. The number of aliphatic carboxylic acids is 1. The van der Waals surface area contributed by atoms with Crippen LogP contribution >= 0.6 is 0 Å². The molecule has 2 aromatic rings. The molecule has 25 heavy (non-hydrogen) atoms. The number of pyridine rings is 1. The van der Waals surface area contributed by atoms with Gasteiger partial charge in [-0.05, 0) is 49.9 Å². The Bertz CT molecular complexity index is 856. The molecule has 0 radical (unpaired) electrons. The topological polar surface area (TPSA) is 79.7 Å². The molecular formula is C19H20N2O4. The zero-order valence-corrected chi connectivity index (χ0v) is 14.1. The van der Waals surface area contributed by atoms with Crippen LogP contribution in [0, 0.1) is 0 Å².